The average Bonchev–Trinajstić information content (AvgIpc) is 2.59. The van der Waals surface area contributed by atoms with Crippen molar-refractivity contribution in [3.8, 4) is 0 Å². The minimum atomic E-state index is -0.760. The molecule has 2 rings (SSSR count). The Balaban J connectivity index is 2.27. The minimum Gasteiger partial charge on any atom is -0.370 e. The first-order valence-corrected chi connectivity index (χ1v) is 6.93. The Morgan fingerprint density at radius 1 is 1.56 bits per heavy atom. The first-order valence-electron chi connectivity index (χ1n) is 5.88. The van der Waals surface area contributed by atoms with Crippen molar-refractivity contribution in [1.29, 1.82) is 0 Å². The van der Waals surface area contributed by atoms with Crippen LogP contribution in [0.25, 0.3) is 0 Å². The molecule has 5 heteroatoms. The molecule has 0 aromatic heterocycles. The number of hydrogen-bond acceptors (Lipinski definition) is 3. The molecule has 0 saturated carbocycles. The molecule has 0 radical (unpaired) electrons. The highest BCUT2D eigenvalue weighted by Crippen LogP contribution is 2.36. The molecule has 0 aliphatic carbocycles. The van der Waals surface area contributed by atoms with Gasteiger partial charge in [0.05, 0.1) is 0 Å². The summed E-state index contributed by atoms with van der Waals surface area (Å²) >= 11 is 1.70. The maximum atomic E-state index is 13.3. The van der Waals surface area contributed by atoms with Gasteiger partial charge in [0.15, 0.2) is 0 Å². The molecule has 1 aromatic rings. The van der Waals surface area contributed by atoms with Crippen LogP contribution in [0, 0.1) is 12.7 Å². The van der Waals surface area contributed by atoms with Gasteiger partial charge in [-0.15, -0.1) is 0 Å². The Kier molecular flexibility index (Phi) is 3.52. The molecule has 1 fully saturated rings. The van der Waals surface area contributed by atoms with Crippen LogP contribution < -0.4 is 11.1 Å². The molecule has 1 aliphatic rings. The molecule has 1 heterocycles. The Morgan fingerprint density at radius 3 is 2.78 bits per heavy atom. The van der Waals surface area contributed by atoms with Crippen LogP contribution in [0.2, 0.25) is 0 Å². The largest absolute Gasteiger partial charge is 0.370 e. The summed E-state index contributed by atoms with van der Waals surface area (Å²) in [5.41, 5.74) is 6.18. The third-order valence-corrected chi connectivity index (χ3v) is 4.54. The number of benzene rings is 1. The molecule has 2 unspecified atom stereocenters. The molecule has 1 aromatic carbocycles. The number of anilines is 1. The van der Waals surface area contributed by atoms with E-state index in [-0.39, 0.29) is 11.7 Å². The van der Waals surface area contributed by atoms with Crippen molar-refractivity contribution in [3.05, 3.63) is 29.6 Å². The number of carbonyl (C=O) groups is 1. The summed E-state index contributed by atoms with van der Waals surface area (Å²) in [5.74, 6) is -0.0592. The predicted octanol–water partition coefficient (Wildman–Crippen LogP) is 2.30. The number of aryl methyl sites for hydroxylation is 1. The second-order valence-corrected chi connectivity index (χ2v) is 6.34. The Labute approximate surface area is 110 Å². The molecular weight excluding hydrogens is 251 g/mol. The number of carbonyl (C=O) groups excluding carboxylic acids is 1. The lowest BCUT2D eigenvalue weighted by Gasteiger charge is -2.27. The van der Waals surface area contributed by atoms with Gasteiger partial charge in [-0.1, -0.05) is 6.92 Å². The quantitative estimate of drug-likeness (QED) is 0.884. The van der Waals surface area contributed by atoms with Gasteiger partial charge in [-0.25, -0.2) is 4.39 Å². The Morgan fingerprint density at radius 2 is 2.28 bits per heavy atom. The highest BCUT2D eigenvalue weighted by molar-refractivity contribution is 8.00. The highest BCUT2D eigenvalue weighted by Gasteiger charge is 2.43. The van der Waals surface area contributed by atoms with Crippen LogP contribution in [-0.4, -0.2) is 22.4 Å². The fraction of sp³-hybridized carbons (Fsp3) is 0.462. The summed E-state index contributed by atoms with van der Waals surface area (Å²) in [7, 11) is 0. The van der Waals surface area contributed by atoms with Gasteiger partial charge < -0.3 is 11.1 Å². The topological polar surface area (TPSA) is 55.1 Å². The molecule has 98 valence electrons. The lowest BCUT2D eigenvalue weighted by atomic mass is 9.94. The molecule has 0 bridgehead atoms. The average molecular weight is 268 g/mol. The molecule has 18 heavy (non-hydrogen) atoms. The van der Waals surface area contributed by atoms with E-state index in [9.17, 15) is 9.18 Å². The van der Waals surface area contributed by atoms with Crippen molar-refractivity contribution >= 4 is 23.4 Å². The van der Waals surface area contributed by atoms with Gasteiger partial charge in [0.2, 0.25) is 5.91 Å². The lowest BCUT2D eigenvalue weighted by molar-refractivity contribution is -0.121. The standard InChI is InChI=1S/C13H17FN2OS/c1-8-3-10(14)5-11(4-8)16-13(12(15)17)6-9(2)18-7-13/h3-5,9,16H,6-7H2,1-2H3,(H2,15,17). The van der Waals surface area contributed by atoms with Crippen LogP contribution in [0.5, 0.6) is 0 Å². The monoisotopic (exact) mass is 268 g/mol. The third-order valence-electron chi connectivity index (χ3n) is 3.15. The zero-order valence-corrected chi connectivity index (χ0v) is 11.3. The fourth-order valence-electron chi connectivity index (χ4n) is 2.30. The number of amides is 1. The number of nitrogens with one attached hydrogen (secondary N) is 1. The van der Waals surface area contributed by atoms with E-state index in [0.717, 1.165) is 5.56 Å². The first kappa shape index (κ1) is 13.2. The maximum absolute atomic E-state index is 13.3. The van der Waals surface area contributed by atoms with Crippen LogP contribution in [0.4, 0.5) is 10.1 Å². The van der Waals surface area contributed by atoms with Crippen LogP contribution in [0.3, 0.4) is 0 Å². The number of hydrogen-bond donors (Lipinski definition) is 2. The van der Waals surface area contributed by atoms with Crippen molar-refractivity contribution < 1.29 is 9.18 Å². The summed E-state index contributed by atoms with van der Waals surface area (Å²) in [4.78, 5) is 11.7. The second kappa shape index (κ2) is 4.80. The zero-order chi connectivity index (χ0) is 13.3. The Hall–Kier alpha value is -1.23. The van der Waals surface area contributed by atoms with Crippen LogP contribution >= 0.6 is 11.8 Å². The van der Waals surface area contributed by atoms with Crippen molar-refractivity contribution in [3.63, 3.8) is 0 Å². The molecule has 1 aliphatic heterocycles. The van der Waals surface area contributed by atoms with E-state index in [2.05, 4.69) is 12.2 Å². The SMILES string of the molecule is Cc1cc(F)cc(NC2(C(N)=O)CSC(C)C2)c1. The number of rotatable bonds is 3. The van der Waals surface area contributed by atoms with Gasteiger partial charge in [-0.05, 0) is 37.1 Å². The number of halogens is 1. The minimum absolute atomic E-state index is 0.309. The van der Waals surface area contributed by atoms with Gasteiger partial charge in [0, 0.05) is 16.7 Å². The van der Waals surface area contributed by atoms with Crippen LogP contribution in [-0.2, 0) is 4.79 Å². The van der Waals surface area contributed by atoms with Crippen molar-refractivity contribution in [2.75, 3.05) is 11.1 Å². The van der Waals surface area contributed by atoms with Crippen LogP contribution in [0.15, 0.2) is 18.2 Å². The van der Waals surface area contributed by atoms with E-state index in [4.69, 9.17) is 5.73 Å². The van der Waals surface area contributed by atoms with E-state index >= 15 is 0 Å². The molecule has 2 atom stereocenters. The van der Waals surface area contributed by atoms with Gasteiger partial charge in [-0.2, -0.15) is 11.8 Å². The van der Waals surface area contributed by atoms with Gasteiger partial charge >= 0.3 is 0 Å². The van der Waals surface area contributed by atoms with Crippen molar-refractivity contribution in [1.82, 2.24) is 0 Å². The molecular formula is C13H17FN2OS. The molecule has 0 spiro atoms. The van der Waals surface area contributed by atoms with Crippen molar-refractivity contribution in [2.45, 2.75) is 31.1 Å². The summed E-state index contributed by atoms with van der Waals surface area (Å²) in [5, 5.41) is 3.51. The summed E-state index contributed by atoms with van der Waals surface area (Å²) in [6.45, 7) is 3.88. The van der Waals surface area contributed by atoms with E-state index in [1.54, 1.807) is 11.8 Å². The lowest BCUT2D eigenvalue weighted by Crippen LogP contribution is -2.51. The van der Waals surface area contributed by atoms with E-state index < -0.39 is 5.54 Å². The first-order chi connectivity index (χ1) is 8.41. The number of nitrogens with two attached hydrogens (primary N) is 1. The van der Waals surface area contributed by atoms with Crippen molar-refractivity contribution in [2.24, 2.45) is 5.73 Å². The maximum Gasteiger partial charge on any atom is 0.244 e. The highest BCUT2D eigenvalue weighted by atomic mass is 32.2. The van der Waals surface area contributed by atoms with Gasteiger partial charge in [0.25, 0.3) is 0 Å². The van der Waals surface area contributed by atoms with E-state index in [1.165, 1.54) is 12.1 Å². The third kappa shape index (κ3) is 2.61. The molecule has 3 N–H and O–H groups in total. The normalized spacial score (nSPS) is 27.2. The summed E-state index contributed by atoms with van der Waals surface area (Å²) < 4.78 is 13.3. The number of primary amides is 1. The molecule has 1 amide bonds. The summed E-state index contributed by atoms with van der Waals surface area (Å²) in [6.07, 6.45) is 0.669. The van der Waals surface area contributed by atoms with E-state index in [0.29, 0.717) is 23.1 Å². The fourth-order valence-corrected chi connectivity index (χ4v) is 3.60. The number of thioether (sulfide) groups is 1. The Bertz CT molecular complexity index is 460. The second-order valence-electron chi connectivity index (χ2n) is 4.91. The van der Waals surface area contributed by atoms with E-state index in [1.807, 2.05) is 13.0 Å². The van der Waals surface area contributed by atoms with Crippen LogP contribution in [0.1, 0.15) is 18.9 Å². The molecule has 3 nitrogen and oxygen atoms in total. The molecule has 1 saturated heterocycles. The summed E-state index contributed by atoms with van der Waals surface area (Å²) in [6, 6.07) is 4.67. The predicted molar refractivity (Wildman–Crippen MR) is 73.2 cm³/mol. The smallest absolute Gasteiger partial charge is 0.244 e. The van der Waals surface area contributed by atoms with Gasteiger partial charge in [-0.3, -0.25) is 4.79 Å². The van der Waals surface area contributed by atoms with Gasteiger partial charge in [0.1, 0.15) is 11.4 Å². The zero-order valence-electron chi connectivity index (χ0n) is 10.5.